The summed E-state index contributed by atoms with van der Waals surface area (Å²) in [6, 6.07) is 0.454. The fraction of sp³-hybridized carbons (Fsp3) is 0.947. The van der Waals surface area contributed by atoms with Gasteiger partial charge in [0.05, 0.1) is 13.2 Å². The number of rotatable bonds is 9. The summed E-state index contributed by atoms with van der Waals surface area (Å²) < 4.78 is 5.38. The molecule has 1 aliphatic rings. The van der Waals surface area contributed by atoms with Crippen molar-refractivity contribution in [2.45, 2.75) is 66.3 Å². The van der Waals surface area contributed by atoms with Gasteiger partial charge in [-0.2, -0.15) is 0 Å². The van der Waals surface area contributed by atoms with Gasteiger partial charge in [0.2, 0.25) is 0 Å². The summed E-state index contributed by atoms with van der Waals surface area (Å²) in [6.45, 7) is 18.2. The molecule has 0 bridgehead atoms. The third-order valence-corrected chi connectivity index (χ3v) is 4.31. The molecule has 2 N–H and O–H groups in total. The van der Waals surface area contributed by atoms with Gasteiger partial charge in [-0.1, -0.05) is 20.8 Å². The Morgan fingerprint density at radius 1 is 1.21 bits per heavy atom. The summed E-state index contributed by atoms with van der Waals surface area (Å²) in [7, 11) is 0. The molecule has 142 valence electrons. The van der Waals surface area contributed by atoms with Crippen LogP contribution in [0, 0.1) is 5.41 Å². The van der Waals surface area contributed by atoms with E-state index in [0.29, 0.717) is 11.5 Å². The van der Waals surface area contributed by atoms with Gasteiger partial charge in [-0.3, -0.25) is 9.89 Å². The molecule has 1 saturated heterocycles. The van der Waals surface area contributed by atoms with Crippen LogP contribution in [0.2, 0.25) is 0 Å². The van der Waals surface area contributed by atoms with Gasteiger partial charge in [0.25, 0.3) is 0 Å². The number of ether oxygens (including phenoxy) is 1. The number of aliphatic imine (C=N–C) groups is 1. The molecule has 0 radical (unpaired) electrons. The minimum Gasteiger partial charge on any atom is -0.379 e. The minimum atomic E-state index is 0.394. The third kappa shape index (κ3) is 10.9. The molecule has 0 saturated carbocycles. The quantitative estimate of drug-likeness (QED) is 0.385. The standard InChI is InChI=1S/C19H40N4O/c1-6-20-18(22-17(2)9-10-19(3,4)5)21-11-7-8-12-23-13-15-24-16-14-23/h17H,6-16H2,1-5H3,(H2,20,21,22). The van der Waals surface area contributed by atoms with Crippen LogP contribution >= 0.6 is 0 Å². The Labute approximate surface area is 149 Å². The predicted octanol–water partition coefficient (Wildman–Crippen LogP) is 2.87. The lowest BCUT2D eigenvalue weighted by atomic mass is 9.89. The summed E-state index contributed by atoms with van der Waals surface area (Å²) in [5.74, 6) is 0.963. The van der Waals surface area contributed by atoms with Gasteiger partial charge < -0.3 is 15.4 Å². The molecule has 0 spiro atoms. The highest BCUT2D eigenvalue weighted by Crippen LogP contribution is 2.21. The minimum absolute atomic E-state index is 0.394. The van der Waals surface area contributed by atoms with Crippen molar-refractivity contribution in [2.24, 2.45) is 10.4 Å². The van der Waals surface area contributed by atoms with Crippen LogP contribution in [0.4, 0.5) is 0 Å². The monoisotopic (exact) mass is 340 g/mol. The Bertz CT molecular complexity index is 346. The summed E-state index contributed by atoms with van der Waals surface area (Å²) in [4.78, 5) is 7.22. The van der Waals surface area contributed by atoms with Crippen LogP contribution in [0.3, 0.4) is 0 Å². The predicted molar refractivity (Wildman–Crippen MR) is 104 cm³/mol. The fourth-order valence-electron chi connectivity index (χ4n) is 2.74. The molecule has 1 aliphatic heterocycles. The van der Waals surface area contributed by atoms with Crippen molar-refractivity contribution in [3.63, 3.8) is 0 Å². The fourth-order valence-corrected chi connectivity index (χ4v) is 2.74. The molecular weight excluding hydrogens is 300 g/mol. The van der Waals surface area contributed by atoms with Gasteiger partial charge in [0.15, 0.2) is 5.96 Å². The summed E-state index contributed by atoms with van der Waals surface area (Å²) in [5.41, 5.74) is 0.394. The number of nitrogens with one attached hydrogen (secondary N) is 2. The van der Waals surface area contributed by atoms with E-state index in [4.69, 9.17) is 9.73 Å². The van der Waals surface area contributed by atoms with Crippen molar-refractivity contribution < 1.29 is 4.74 Å². The van der Waals surface area contributed by atoms with Crippen molar-refractivity contribution in [2.75, 3.05) is 45.9 Å². The van der Waals surface area contributed by atoms with Crippen LogP contribution in [0.15, 0.2) is 4.99 Å². The van der Waals surface area contributed by atoms with E-state index < -0.39 is 0 Å². The molecule has 0 aromatic rings. The van der Waals surface area contributed by atoms with Crippen LogP contribution in [0.1, 0.15) is 60.3 Å². The molecule has 0 amide bonds. The molecule has 1 heterocycles. The van der Waals surface area contributed by atoms with Crippen molar-refractivity contribution in [3.05, 3.63) is 0 Å². The zero-order valence-electron chi connectivity index (χ0n) is 16.7. The number of morpholine rings is 1. The average molecular weight is 341 g/mol. The van der Waals surface area contributed by atoms with Crippen LogP contribution in [0.5, 0.6) is 0 Å². The number of unbranched alkanes of at least 4 members (excludes halogenated alkanes) is 1. The first-order valence-corrected chi connectivity index (χ1v) is 9.75. The number of nitrogens with zero attached hydrogens (tertiary/aromatic N) is 2. The molecule has 1 fully saturated rings. The van der Waals surface area contributed by atoms with Crippen LogP contribution < -0.4 is 10.6 Å². The highest BCUT2D eigenvalue weighted by molar-refractivity contribution is 5.80. The Balaban J connectivity index is 2.23. The van der Waals surface area contributed by atoms with Gasteiger partial charge in [0.1, 0.15) is 0 Å². The second-order valence-electron chi connectivity index (χ2n) is 8.07. The van der Waals surface area contributed by atoms with Crippen molar-refractivity contribution in [1.29, 1.82) is 0 Å². The maximum Gasteiger partial charge on any atom is 0.191 e. The smallest absolute Gasteiger partial charge is 0.191 e. The van der Waals surface area contributed by atoms with Crippen molar-refractivity contribution >= 4 is 5.96 Å². The van der Waals surface area contributed by atoms with E-state index in [1.165, 1.54) is 25.8 Å². The zero-order chi connectivity index (χ0) is 17.8. The first-order chi connectivity index (χ1) is 11.4. The van der Waals surface area contributed by atoms with E-state index >= 15 is 0 Å². The number of hydrogen-bond donors (Lipinski definition) is 2. The molecule has 5 heteroatoms. The lowest BCUT2D eigenvalue weighted by Gasteiger charge is -2.26. The third-order valence-electron chi connectivity index (χ3n) is 4.31. The number of guanidine groups is 1. The highest BCUT2D eigenvalue weighted by atomic mass is 16.5. The van der Waals surface area contributed by atoms with Crippen LogP contribution in [0.25, 0.3) is 0 Å². The van der Waals surface area contributed by atoms with Gasteiger partial charge in [-0.15, -0.1) is 0 Å². The van der Waals surface area contributed by atoms with E-state index in [9.17, 15) is 0 Å². The Morgan fingerprint density at radius 3 is 2.54 bits per heavy atom. The Kier molecular flexibility index (Phi) is 10.3. The molecule has 0 aliphatic carbocycles. The van der Waals surface area contributed by atoms with E-state index in [2.05, 4.69) is 50.2 Å². The molecular formula is C19H40N4O. The average Bonchev–Trinajstić information content (AvgIpc) is 2.53. The Hall–Kier alpha value is -0.810. The van der Waals surface area contributed by atoms with Gasteiger partial charge in [-0.05, 0) is 51.5 Å². The lowest BCUT2D eigenvalue weighted by molar-refractivity contribution is 0.0373. The summed E-state index contributed by atoms with van der Waals surface area (Å²) in [5, 5.41) is 6.91. The largest absolute Gasteiger partial charge is 0.379 e. The van der Waals surface area contributed by atoms with E-state index in [1.54, 1.807) is 0 Å². The molecule has 0 aromatic carbocycles. The van der Waals surface area contributed by atoms with Crippen LogP contribution in [-0.4, -0.2) is 62.8 Å². The molecule has 24 heavy (non-hydrogen) atoms. The number of hydrogen-bond acceptors (Lipinski definition) is 3. The van der Waals surface area contributed by atoms with E-state index in [-0.39, 0.29) is 0 Å². The zero-order valence-corrected chi connectivity index (χ0v) is 16.7. The van der Waals surface area contributed by atoms with Crippen molar-refractivity contribution in [1.82, 2.24) is 15.5 Å². The van der Waals surface area contributed by atoms with Gasteiger partial charge in [0, 0.05) is 32.2 Å². The SMILES string of the molecule is CCNC(=NCCCCN1CCOCC1)NC(C)CCC(C)(C)C. The van der Waals surface area contributed by atoms with Crippen molar-refractivity contribution in [3.8, 4) is 0 Å². The van der Waals surface area contributed by atoms with Gasteiger partial charge in [-0.25, -0.2) is 0 Å². The first kappa shape index (κ1) is 21.2. The maximum atomic E-state index is 5.38. The summed E-state index contributed by atoms with van der Waals surface area (Å²) >= 11 is 0. The highest BCUT2D eigenvalue weighted by Gasteiger charge is 2.13. The van der Waals surface area contributed by atoms with Crippen LogP contribution in [-0.2, 0) is 4.74 Å². The molecule has 1 rings (SSSR count). The second kappa shape index (κ2) is 11.7. The van der Waals surface area contributed by atoms with Gasteiger partial charge >= 0.3 is 0 Å². The molecule has 0 aromatic heterocycles. The molecule has 5 nitrogen and oxygen atoms in total. The second-order valence-corrected chi connectivity index (χ2v) is 8.07. The lowest BCUT2D eigenvalue weighted by Crippen LogP contribution is -2.42. The normalized spacial score (nSPS) is 18.5. The maximum absolute atomic E-state index is 5.38. The Morgan fingerprint density at radius 2 is 1.92 bits per heavy atom. The first-order valence-electron chi connectivity index (χ1n) is 9.75. The molecule has 1 unspecified atom stereocenters. The molecule has 1 atom stereocenters. The van der Waals surface area contributed by atoms with E-state index in [1.807, 2.05) is 0 Å². The topological polar surface area (TPSA) is 48.9 Å². The van der Waals surface area contributed by atoms with E-state index in [0.717, 1.165) is 51.8 Å². The summed E-state index contributed by atoms with van der Waals surface area (Å²) in [6.07, 6.45) is 4.75.